The number of benzene rings is 1. The van der Waals surface area contributed by atoms with E-state index in [1.54, 1.807) is 12.1 Å². The van der Waals surface area contributed by atoms with Crippen molar-refractivity contribution >= 4 is 17.5 Å². The minimum Gasteiger partial charge on any atom is -0.493 e. The summed E-state index contributed by atoms with van der Waals surface area (Å²) in [5.74, 6) is 1.05. The predicted octanol–water partition coefficient (Wildman–Crippen LogP) is 2.85. The molecule has 1 N–H and O–H groups in total. The van der Waals surface area contributed by atoms with Crippen molar-refractivity contribution in [2.75, 3.05) is 21.3 Å². The Morgan fingerprint density at radius 2 is 1.62 bits per heavy atom. The Morgan fingerprint density at radius 1 is 1.14 bits per heavy atom. The number of amides is 1. The fourth-order valence-corrected chi connectivity index (χ4v) is 1.73. The summed E-state index contributed by atoms with van der Waals surface area (Å²) in [7, 11) is 4.52. The van der Waals surface area contributed by atoms with Crippen LogP contribution in [0, 0.1) is 0 Å². The number of carbonyl (C=O) groups excluding carboxylic acids is 1. The first-order valence-electron chi connectivity index (χ1n) is 6.53. The molecule has 0 aromatic heterocycles. The van der Waals surface area contributed by atoms with E-state index in [9.17, 15) is 4.79 Å². The van der Waals surface area contributed by atoms with E-state index in [-0.39, 0.29) is 11.3 Å². The van der Waals surface area contributed by atoms with Crippen LogP contribution in [0.4, 0.5) is 0 Å². The Hall–Kier alpha value is -1.62. The van der Waals surface area contributed by atoms with Crippen LogP contribution in [0.2, 0.25) is 0 Å². The number of hydrogen-bond acceptors (Lipinski definition) is 4. The van der Waals surface area contributed by atoms with E-state index in [4.69, 9.17) is 25.8 Å². The molecule has 6 heteroatoms. The maximum absolute atomic E-state index is 12.4. The maximum Gasteiger partial charge on any atom is 0.252 e. The van der Waals surface area contributed by atoms with E-state index in [1.807, 2.05) is 20.8 Å². The van der Waals surface area contributed by atoms with Crippen LogP contribution in [-0.4, -0.2) is 38.2 Å². The van der Waals surface area contributed by atoms with Crippen LogP contribution in [0.3, 0.4) is 0 Å². The van der Waals surface area contributed by atoms with Crippen molar-refractivity contribution in [2.45, 2.75) is 31.7 Å². The van der Waals surface area contributed by atoms with Crippen LogP contribution in [0.25, 0.3) is 0 Å². The lowest BCUT2D eigenvalue weighted by atomic mass is 10.0. The van der Waals surface area contributed by atoms with Crippen molar-refractivity contribution in [1.82, 2.24) is 5.32 Å². The molecule has 1 aromatic rings. The Kier molecular flexibility index (Phi) is 5.72. The topological polar surface area (TPSA) is 56.8 Å². The van der Waals surface area contributed by atoms with E-state index in [1.165, 1.54) is 21.3 Å². The summed E-state index contributed by atoms with van der Waals surface area (Å²) in [6, 6.07) is 3.21. The summed E-state index contributed by atoms with van der Waals surface area (Å²) in [4.78, 5) is 12.4. The van der Waals surface area contributed by atoms with Gasteiger partial charge < -0.3 is 19.5 Å². The first-order chi connectivity index (χ1) is 9.76. The lowest BCUT2D eigenvalue weighted by Gasteiger charge is -2.29. The van der Waals surface area contributed by atoms with Crippen LogP contribution in [0.5, 0.6) is 17.2 Å². The normalized spacial score (nSPS) is 12.5. The molecule has 0 saturated heterocycles. The zero-order valence-electron chi connectivity index (χ0n) is 13.2. The van der Waals surface area contributed by atoms with E-state index in [0.29, 0.717) is 22.8 Å². The average Bonchev–Trinajstić information content (AvgIpc) is 2.44. The first kappa shape index (κ1) is 17.4. The van der Waals surface area contributed by atoms with Gasteiger partial charge in [0, 0.05) is 5.56 Å². The summed E-state index contributed by atoms with van der Waals surface area (Å²) in [6.07, 6.45) is 0. The monoisotopic (exact) mass is 315 g/mol. The molecule has 1 aromatic carbocycles. The van der Waals surface area contributed by atoms with E-state index >= 15 is 0 Å². The summed E-state index contributed by atoms with van der Waals surface area (Å²) in [5.41, 5.74) is -0.131. The molecule has 1 unspecified atom stereocenters. The molecule has 21 heavy (non-hydrogen) atoms. The quantitative estimate of drug-likeness (QED) is 0.820. The number of nitrogens with one attached hydrogen (secondary N) is 1. The second-order valence-electron chi connectivity index (χ2n) is 5.21. The van der Waals surface area contributed by atoms with Gasteiger partial charge in [0.2, 0.25) is 5.75 Å². The summed E-state index contributed by atoms with van der Waals surface area (Å²) < 4.78 is 15.7. The van der Waals surface area contributed by atoms with Gasteiger partial charge in [-0.15, -0.1) is 11.6 Å². The third kappa shape index (κ3) is 3.94. The number of methoxy groups -OCH3 is 3. The van der Waals surface area contributed by atoms with Crippen molar-refractivity contribution in [3.05, 3.63) is 17.7 Å². The van der Waals surface area contributed by atoms with Gasteiger partial charge in [-0.1, -0.05) is 0 Å². The Bertz CT molecular complexity index is 489. The number of alkyl halides is 1. The van der Waals surface area contributed by atoms with Crippen molar-refractivity contribution in [3.8, 4) is 17.2 Å². The minimum atomic E-state index is -0.543. The SMILES string of the molecule is COc1cc(C(=O)NC(C)(C)C(C)Cl)cc(OC)c1OC. The Balaban J connectivity index is 3.16. The number of carbonyl (C=O) groups is 1. The number of halogens is 1. The lowest BCUT2D eigenvalue weighted by molar-refractivity contribution is 0.0911. The van der Waals surface area contributed by atoms with Crippen molar-refractivity contribution in [1.29, 1.82) is 0 Å². The molecule has 118 valence electrons. The van der Waals surface area contributed by atoms with Gasteiger partial charge in [0.25, 0.3) is 5.91 Å². The second kappa shape index (κ2) is 6.89. The van der Waals surface area contributed by atoms with Crippen molar-refractivity contribution in [3.63, 3.8) is 0 Å². The van der Waals surface area contributed by atoms with Crippen LogP contribution in [0.1, 0.15) is 31.1 Å². The van der Waals surface area contributed by atoms with Crippen LogP contribution < -0.4 is 19.5 Å². The maximum atomic E-state index is 12.4. The number of ether oxygens (including phenoxy) is 3. The minimum absolute atomic E-state index is 0.219. The van der Waals surface area contributed by atoms with Gasteiger partial charge in [0.1, 0.15) is 0 Å². The molecular weight excluding hydrogens is 294 g/mol. The van der Waals surface area contributed by atoms with Gasteiger partial charge in [0.05, 0.1) is 32.2 Å². The first-order valence-corrected chi connectivity index (χ1v) is 6.97. The molecule has 0 fully saturated rings. The van der Waals surface area contributed by atoms with Crippen molar-refractivity contribution < 1.29 is 19.0 Å². The number of hydrogen-bond donors (Lipinski definition) is 1. The molecule has 1 atom stereocenters. The average molecular weight is 316 g/mol. The molecule has 0 aliphatic rings. The molecular formula is C15H22ClNO4. The standard InChI is InChI=1S/C15H22ClNO4/c1-9(16)15(2,3)17-14(18)10-7-11(19-4)13(21-6)12(8-10)20-5/h7-9H,1-6H3,(H,17,18). The van der Waals surface area contributed by atoms with Crippen LogP contribution in [-0.2, 0) is 0 Å². The molecule has 1 amide bonds. The summed E-state index contributed by atoms with van der Waals surface area (Å²) >= 11 is 6.08. The van der Waals surface area contributed by atoms with Gasteiger partial charge >= 0.3 is 0 Å². The second-order valence-corrected chi connectivity index (χ2v) is 5.86. The molecule has 0 spiro atoms. The fraction of sp³-hybridized carbons (Fsp3) is 0.533. The smallest absolute Gasteiger partial charge is 0.252 e. The highest BCUT2D eigenvalue weighted by atomic mass is 35.5. The van der Waals surface area contributed by atoms with Crippen LogP contribution >= 0.6 is 11.6 Å². The summed E-state index contributed by atoms with van der Waals surface area (Å²) in [5, 5.41) is 2.67. The van der Waals surface area contributed by atoms with Gasteiger partial charge in [-0.25, -0.2) is 0 Å². The molecule has 0 aliphatic heterocycles. The van der Waals surface area contributed by atoms with Gasteiger partial charge in [-0.3, -0.25) is 4.79 Å². The highest BCUT2D eigenvalue weighted by Crippen LogP contribution is 2.38. The summed E-state index contributed by atoms with van der Waals surface area (Å²) in [6.45, 7) is 5.55. The highest BCUT2D eigenvalue weighted by Gasteiger charge is 2.27. The molecule has 0 aliphatic carbocycles. The predicted molar refractivity (Wildman–Crippen MR) is 83.0 cm³/mol. The molecule has 0 heterocycles. The zero-order chi connectivity index (χ0) is 16.2. The highest BCUT2D eigenvalue weighted by molar-refractivity contribution is 6.21. The van der Waals surface area contributed by atoms with E-state index in [0.717, 1.165) is 0 Å². The third-order valence-electron chi connectivity index (χ3n) is 3.36. The molecule has 5 nitrogen and oxygen atoms in total. The number of rotatable bonds is 6. The van der Waals surface area contributed by atoms with Crippen LogP contribution in [0.15, 0.2) is 12.1 Å². The van der Waals surface area contributed by atoms with E-state index < -0.39 is 5.54 Å². The van der Waals surface area contributed by atoms with E-state index in [2.05, 4.69) is 5.32 Å². The largest absolute Gasteiger partial charge is 0.493 e. The molecule has 0 radical (unpaired) electrons. The Labute approximate surface area is 130 Å². The Morgan fingerprint density at radius 3 is 1.95 bits per heavy atom. The zero-order valence-corrected chi connectivity index (χ0v) is 14.0. The molecule has 1 rings (SSSR count). The molecule has 0 saturated carbocycles. The lowest BCUT2D eigenvalue weighted by Crippen LogP contribution is -2.49. The van der Waals surface area contributed by atoms with Gasteiger partial charge in [-0.05, 0) is 32.9 Å². The molecule has 0 bridgehead atoms. The van der Waals surface area contributed by atoms with Gasteiger partial charge in [-0.2, -0.15) is 0 Å². The van der Waals surface area contributed by atoms with Gasteiger partial charge in [0.15, 0.2) is 11.5 Å². The fourth-order valence-electron chi connectivity index (χ4n) is 1.68. The van der Waals surface area contributed by atoms with Crippen molar-refractivity contribution in [2.24, 2.45) is 0 Å². The third-order valence-corrected chi connectivity index (χ3v) is 3.90.